The van der Waals surface area contributed by atoms with Gasteiger partial charge < -0.3 is 10.2 Å². The summed E-state index contributed by atoms with van der Waals surface area (Å²) in [6.45, 7) is 1.34. The van der Waals surface area contributed by atoms with Crippen LogP contribution in [-0.4, -0.2) is 18.9 Å². The predicted octanol–water partition coefficient (Wildman–Crippen LogP) is 3.20. The van der Waals surface area contributed by atoms with Crippen LogP contribution < -0.4 is 10.2 Å². The van der Waals surface area contributed by atoms with Gasteiger partial charge in [-0.3, -0.25) is 9.59 Å². The highest BCUT2D eigenvalue weighted by atomic mass is 19.1. The summed E-state index contributed by atoms with van der Waals surface area (Å²) in [6.07, 6.45) is 0. The molecule has 6 heteroatoms. The zero-order chi connectivity index (χ0) is 16.3. The van der Waals surface area contributed by atoms with Crippen molar-refractivity contribution in [3.63, 3.8) is 0 Å². The minimum atomic E-state index is -0.720. The normalized spacial score (nSPS) is 10.2. The Bertz CT molecular complexity index is 732. The highest BCUT2D eigenvalue weighted by Crippen LogP contribution is 2.27. The van der Waals surface area contributed by atoms with Gasteiger partial charge in [0, 0.05) is 14.0 Å². The minimum Gasteiger partial charge on any atom is -0.320 e. The molecule has 0 heterocycles. The summed E-state index contributed by atoms with van der Waals surface area (Å²) in [5.41, 5.74) is 0.243. The van der Waals surface area contributed by atoms with Crippen molar-refractivity contribution in [3.05, 3.63) is 59.7 Å². The average Bonchev–Trinajstić information content (AvgIpc) is 2.47. The number of anilines is 2. The molecule has 0 aliphatic rings. The lowest BCUT2D eigenvalue weighted by molar-refractivity contribution is -0.116. The third-order valence-corrected chi connectivity index (χ3v) is 3.16. The number of halogens is 2. The van der Waals surface area contributed by atoms with Gasteiger partial charge in [0.25, 0.3) is 5.91 Å². The SMILES string of the molecule is CC(=O)N(C)c1ccc(F)cc1NC(=O)c1ccccc1F. The molecule has 114 valence electrons. The van der Waals surface area contributed by atoms with Crippen LogP contribution in [0.25, 0.3) is 0 Å². The first-order valence-corrected chi connectivity index (χ1v) is 6.50. The van der Waals surface area contributed by atoms with Gasteiger partial charge in [0.1, 0.15) is 11.6 Å². The summed E-state index contributed by atoms with van der Waals surface area (Å²) in [6, 6.07) is 9.07. The Balaban J connectivity index is 2.37. The summed E-state index contributed by atoms with van der Waals surface area (Å²) >= 11 is 0. The van der Waals surface area contributed by atoms with Gasteiger partial charge in [-0.1, -0.05) is 12.1 Å². The van der Waals surface area contributed by atoms with Crippen LogP contribution in [-0.2, 0) is 4.79 Å². The lowest BCUT2D eigenvalue weighted by Gasteiger charge is -2.19. The average molecular weight is 304 g/mol. The van der Waals surface area contributed by atoms with Crippen LogP contribution in [0.4, 0.5) is 20.2 Å². The highest BCUT2D eigenvalue weighted by molar-refractivity contribution is 6.07. The van der Waals surface area contributed by atoms with Gasteiger partial charge in [0.15, 0.2) is 0 Å². The number of hydrogen-bond donors (Lipinski definition) is 1. The van der Waals surface area contributed by atoms with E-state index in [0.717, 1.165) is 12.1 Å². The fourth-order valence-corrected chi connectivity index (χ4v) is 1.91. The Morgan fingerprint density at radius 1 is 1.09 bits per heavy atom. The molecule has 0 aliphatic heterocycles. The van der Waals surface area contributed by atoms with Gasteiger partial charge in [-0.15, -0.1) is 0 Å². The van der Waals surface area contributed by atoms with Gasteiger partial charge in [0.2, 0.25) is 5.91 Å². The largest absolute Gasteiger partial charge is 0.320 e. The smallest absolute Gasteiger partial charge is 0.258 e. The van der Waals surface area contributed by atoms with E-state index in [0.29, 0.717) is 5.69 Å². The quantitative estimate of drug-likeness (QED) is 0.946. The van der Waals surface area contributed by atoms with Crippen LogP contribution in [0.3, 0.4) is 0 Å². The van der Waals surface area contributed by atoms with Gasteiger partial charge >= 0.3 is 0 Å². The molecule has 22 heavy (non-hydrogen) atoms. The molecule has 0 saturated heterocycles. The first-order valence-electron chi connectivity index (χ1n) is 6.50. The van der Waals surface area contributed by atoms with Crippen molar-refractivity contribution >= 4 is 23.2 Å². The molecule has 1 N–H and O–H groups in total. The molecule has 2 aromatic rings. The molecule has 0 spiro atoms. The Labute approximate surface area is 126 Å². The lowest BCUT2D eigenvalue weighted by atomic mass is 10.1. The van der Waals surface area contributed by atoms with E-state index in [1.807, 2.05) is 0 Å². The van der Waals surface area contributed by atoms with Crippen LogP contribution in [0.5, 0.6) is 0 Å². The molecule has 2 rings (SSSR count). The molecule has 2 aromatic carbocycles. The Morgan fingerprint density at radius 3 is 2.41 bits per heavy atom. The Kier molecular flexibility index (Phi) is 4.50. The Hall–Kier alpha value is -2.76. The second-order valence-electron chi connectivity index (χ2n) is 4.67. The molecule has 0 bridgehead atoms. The third-order valence-electron chi connectivity index (χ3n) is 3.16. The lowest BCUT2D eigenvalue weighted by Crippen LogP contribution is -2.25. The van der Waals surface area contributed by atoms with Crippen LogP contribution >= 0.6 is 0 Å². The maximum absolute atomic E-state index is 13.6. The summed E-state index contributed by atoms with van der Waals surface area (Å²) in [7, 11) is 1.49. The molecule has 0 fully saturated rings. The van der Waals surface area contributed by atoms with Crippen molar-refractivity contribution < 1.29 is 18.4 Å². The van der Waals surface area contributed by atoms with E-state index >= 15 is 0 Å². The zero-order valence-corrected chi connectivity index (χ0v) is 12.1. The fraction of sp³-hybridized carbons (Fsp3) is 0.125. The van der Waals surface area contributed by atoms with Gasteiger partial charge in [-0.05, 0) is 30.3 Å². The second kappa shape index (κ2) is 6.34. The van der Waals surface area contributed by atoms with Crippen LogP contribution in [0.15, 0.2) is 42.5 Å². The standard InChI is InChI=1S/C16H14F2N2O2/c1-10(21)20(2)15-8-7-11(17)9-14(15)19-16(22)12-5-3-4-6-13(12)18/h3-9H,1-2H3,(H,19,22). The molecule has 0 unspecified atom stereocenters. The number of hydrogen-bond acceptors (Lipinski definition) is 2. The number of carbonyl (C=O) groups is 2. The summed E-state index contributed by atoms with van der Waals surface area (Å²) in [5.74, 6) is -2.27. The van der Waals surface area contributed by atoms with E-state index in [1.165, 1.54) is 49.2 Å². The maximum Gasteiger partial charge on any atom is 0.258 e. The molecule has 4 nitrogen and oxygen atoms in total. The summed E-state index contributed by atoms with van der Waals surface area (Å²) in [5, 5.41) is 2.43. The van der Waals surface area contributed by atoms with Crippen molar-refractivity contribution in [1.82, 2.24) is 0 Å². The third kappa shape index (κ3) is 3.28. The van der Waals surface area contributed by atoms with Crippen molar-refractivity contribution in [3.8, 4) is 0 Å². The second-order valence-corrected chi connectivity index (χ2v) is 4.67. The molecule has 0 radical (unpaired) electrons. The number of benzene rings is 2. The highest BCUT2D eigenvalue weighted by Gasteiger charge is 2.16. The van der Waals surface area contributed by atoms with E-state index in [4.69, 9.17) is 0 Å². The van der Waals surface area contributed by atoms with E-state index in [2.05, 4.69) is 5.32 Å². The topological polar surface area (TPSA) is 49.4 Å². The molecule has 0 atom stereocenters. The molecule has 2 amide bonds. The molecular weight excluding hydrogens is 290 g/mol. The van der Waals surface area contributed by atoms with Crippen molar-refractivity contribution in [1.29, 1.82) is 0 Å². The number of carbonyl (C=O) groups excluding carboxylic acids is 2. The van der Waals surface area contributed by atoms with Crippen LogP contribution in [0, 0.1) is 11.6 Å². The van der Waals surface area contributed by atoms with Crippen molar-refractivity contribution in [2.45, 2.75) is 6.92 Å². The Morgan fingerprint density at radius 2 is 1.77 bits per heavy atom. The van der Waals surface area contributed by atoms with Gasteiger partial charge in [-0.25, -0.2) is 8.78 Å². The molecule has 0 aliphatic carbocycles. The maximum atomic E-state index is 13.6. The van der Waals surface area contributed by atoms with E-state index in [1.54, 1.807) is 0 Å². The molecule has 0 saturated carbocycles. The van der Waals surface area contributed by atoms with E-state index in [9.17, 15) is 18.4 Å². The minimum absolute atomic E-state index is 0.0888. The van der Waals surface area contributed by atoms with E-state index in [-0.39, 0.29) is 17.2 Å². The number of nitrogens with zero attached hydrogens (tertiary/aromatic N) is 1. The molecular formula is C16H14F2N2O2. The fourth-order valence-electron chi connectivity index (χ4n) is 1.91. The zero-order valence-electron chi connectivity index (χ0n) is 12.1. The summed E-state index contributed by atoms with van der Waals surface area (Å²) in [4.78, 5) is 24.8. The number of nitrogens with one attached hydrogen (secondary N) is 1. The summed E-state index contributed by atoms with van der Waals surface area (Å²) < 4.78 is 27.0. The van der Waals surface area contributed by atoms with E-state index < -0.39 is 17.5 Å². The van der Waals surface area contributed by atoms with Crippen LogP contribution in [0.1, 0.15) is 17.3 Å². The monoisotopic (exact) mass is 304 g/mol. The van der Waals surface area contributed by atoms with Crippen LogP contribution in [0.2, 0.25) is 0 Å². The van der Waals surface area contributed by atoms with Crippen molar-refractivity contribution in [2.24, 2.45) is 0 Å². The predicted molar refractivity (Wildman–Crippen MR) is 79.8 cm³/mol. The number of rotatable bonds is 3. The molecule has 0 aromatic heterocycles. The van der Waals surface area contributed by atoms with Crippen molar-refractivity contribution in [2.75, 3.05) is 17.3 Å². The number of amides is 2. The van der Waals surface area contributed by atoms with Gasteiger partial charge in [0.05, 0.1) is 16.9 Å². The van der Waals surface area contributed by atoms with Gasteiger partial charge in [-0.2, -0.15) is 0 Å². The first-order chi connectivity index (χ1) is 10.4. The first kappa shape index (κ1) is 15.6.